The minimum Gasteiger partial charge on any atom is -0.265 e. The van der Waals surface area contributed by atoms with Gasteiger partial charge in [0.25, 0.3) is 0 Å². The molecular formula is C4H3BrF2N4O2. The van der Waals surface area contributed by atoms with E-state index >= 15 is 0 Å². The van der Waals surface area contributed by atoms with Crippen LogP contribution in [-0.4, -0.2) is 25.6 Å². The van der Waals surface area contributed by atoms with Gasteiger partial charge in [-0.1, -0.05) is 0 Å². The van der Waals surface area contributed by atoms with E-state index in [-0.39, 0.29) is 0 Å². The maximum atomic E-state index is 12.2. The van der Waals surface area contributed by atoms with Crippen molar-refractivity contribution in [3.05, 3.63) is 16.8 Å². The average molecular weight is 257 g/mol. The molecule has 72 valence electrons. The molecule has 13 heavy (non-hydrogen) atoms. The number of halogens is 3. The molecule has 0 spiro atoms. The van der Waals surface area contributed by atoms with E-state index in [9.17, 15) is 18.4 Å². The Bertz CT molecular complexity index is 367. The van der Waals surface area contributed by atoms with Gasteiger partial charge >= 0.3 is 16.4 Å². The normalized spacial score (nSPS) is 11.3. The van der Waals surface area contributed by atoms with Gasteiger partial charge in [0, 0.05) is 15.9 Å². The highest BCUT2D eigenvalue weighted by Gasteiger charge is 2.35. The van der Waals surface area contributed by atoms with Crippen molar-refractivity contribution >= 4 is 21.8 Å². The van der Waals surface area contributed by atoms with Crippen molar-refractivity contribution in [2.45, 2.75) is 4.83 Å². The number of nitrogens with zero attached hydrogens (tertiary/aromatic N) is 2. The quantitative estimate of drug-likeness (QED) is 0.709. The van der Waals surface area contributed by atoms with Gasteiger partial charge in [-0.25, -0.2) is 9.89 Å². The zero-order valence-corrected chi connectivity index (χ0v) is 7.51. The Morgan fingerprint density at radius 3 is 2.77 bits per heavy atom. The first-order chi connectivity index (χ1) is 5.91. The van der Waals surface area contributed by atoms with Gasteiger partial charge in [-0.15, -0.1) is 0 Å². The van der Waals surface area contributed by atoms with Crippen LogP contribution >= 0.6 is 15.9 Å². The Morgan fingerprint density at radius 1 is 1.77 bits per heavy atom. The lowest BCUT2D eigenvalue weighted by molar-refractivity contribution is -0.129. The fourth-order valence-corrected chi connectivity index (χ4v) is 0.589. The van der Waals surface area contributed by atoms with Gasteiger partial charge in [-0.2, -0.15) is 18.6 Å². The summed E-state index contributed by atoms with van der Waals surface area (Å²) in [7, 11) is 0. The lowest BCUT2D eigenvalue weighted by Gasteiger charge is -2.07. The maximum absolute atomic E-state index is 12.2. The summed E-state index contributed by atoms with van der Waals surface area (Å²) < 4.78 is 24.9. The van der Waals surface area contributed by atoms with Crippen LogP contribution in [0.5, 0.6) is 0 Å². The molecule has 1 amide bonds. The smallest absolute Gasteiger partial charge is 0.265 e. The van der Waals surface area contributed by atoms with Crippen molar-refractivity contribution in [1.82, 2.24) is 14.9 Å². The van der Waals surface area contributed by atoms with Crippen LogP contribution in [0.1, 0.15) is 0 Å². The van der Waals surface area contributed by atoms with Gasteiger partial charge < -0.3 is 0 Å². The summed E-state index contributed by atoms with van der Waals surface area (Å²) >= 11 is 1.82. The highest BCUT2D eigenvalue weighted by Crippen LogP contribution is 2.21. The zero-order chi connectivity index (χ0) is 10.1. The van der Waals surface area contributed by atoms with E-state index in [1.165, 1.54) is 0 Å². The number of nitrogens with one attached hydrogen (secondary N) is 2. The standard InChI is InChI=1S/C4H3BrF2N4O2/c5-4(6,7)2(12)10-11-1-8-9-3(11)13/h1H,(H,9,13)(H,10,12). The second-order valence-corrected chi connectivity index (χ2v) is 2.97. The molecule has 6 nitrogen and oxygen atoms in total. The van der Waals surface area contributed by atoms with Crippen molar-refractivity contribution < 1.29 is 13.6 Å². The van der Waals surface area contributed by atoms with Gasteiger partial charge in [0.2, 0.25) is 0 Å². The molecule has 0 aliphatic heterocycles. The number of hydrogen-bond acceptors (Lipinski definition) is 3. The molecule has 0 aliphatic rings. The molecule has 1 heterocycles. The molecular weight excluding hydrogens is 254 g/mol. The van der Waals surface area contributed by atoms with Crippen LogP contribution in [0.15, 0.2) is 11.1 Å². The first kappa shape index (κ1) is 9.84. The van der Waals surface area contributed by atoms with Gasteiger partial charge in [0.15, 0.2) is 0 Å². The van der Waals surface area contributed by atoms with E-state index in [4.69, 9.17) is 0 Å². The van der Waals surface area contributed by atoms with E-state index in [1.807, 2.05) is 21.0 Å². The van der Waals surface area contributed by atoms with Gasteiger partial charge in [0.05, 0.1) is 0 Å². The first-order valence-corrected chi connectivity index (χ1v) is 3.71. The number of aromatic nitrogens is 3. The first-order valence-electron chi connectivity index (χ1n) is 2.91. The van der Waals surface area contributed by atoms with Crippen LogP contribution in [0.25, 0.3) is 0 Å². The molecule has 0 unspecified atom stereocenters. The van der Waals surface area contributed by atoms with Gasteiger partial charge in [0.1, 0.15) is 6.33 Å². The van der Waals surface area contributed by atoms with Gasteiger partial charge in [-0.05, 0) is 0 Å². The average Bonchev–Trinajstić information content (AvgIpc) is 2.34. The second-order valence-electron chi connectivity index (χ2n) is 1.97. The Morgan fingerprint density at radius 2 is 2.38 bits per heavy atom. The molecule has 1 aromatic heterocycles. The predicted molar refractivity (Wildman–Crippen MR) is 41.1 cm³/mol. The van der Waals surface area contributed by atoms with Crippen molar-refractivity contribution in [2.24, 2.45) is 0 Å². The molecule has 9 heteroatoms. The number of rotatable bonds is 2. The number of carbonyl (C=O) groups is 1. The van der Waals surface area contributed by atoms with E-state index in [1.54, 1.807) is 5.43 Å². The Hall–Kier alpha value is -1.25. The number of amides is 1. The minimum atomic E-state index is -3.72. The Kier molecular flexibility index (Phi) is 2.45. The molecule has 1 rings (SSSR count). The van der Waals surface area contributed by atoms with E-state index < -0.39 is 16.4 Å². The lowest BCUT2D eigenvalue weighted by atomic mass is 10.7. The summed E-state index contributed by atoms with van der Waals surface area (Å²) in [5.41, 5.74) is 0.790. The molecule has 0 fully saturated rings. The molecule has 0 saturated carbocycles. The molecule has 0 radical (unpaired) electrons. The minimum absolute atomic E-state index is 0.498. The summed E-state index contributed by atoms with van der Waals surface area (Å²) in [5.74, 6) is -1.66. The molecule has 1 aromatic rings. The highest BCUT2D eigenvalue weighted by atomic mass is 79.9. The van der Waals surface area contributed by atoms with Crippen molar-refractivity contribution in [3.8, 4) is 0 Å². The second kappa shape index (κ2) is 3.24. The van der Waals surface area contributed by atoms with Crippen LogP contribution in [0, 0.1) is 0 Å². The summed E-state index contributed by atoms with van der Waals surface area (Å²) in [6, 6.07) is 0. The fraction of sp³-hybridized carbons (Fsp3) is 0.250. The summed E-state index contributed by atoms with van der Waals surface area (Å²) in [5, 5.41) is 5.12. The molecule has 2 N–H and O–H groups in total. The topological polar surface area (TPSA) is 79.8 Å². The van der Waals surface area contributed by atoms with Crippen LogP contribution in [0.4, 0.5) is 8.78 Å². The summed E-state index contributed by atoms with van der Waals surface area (Å²) in [4.78, 5) is 17.5. The van der Waals surface area contributed by atoms with E-state index in [0.29, 0.717) is 4.68 Å². The van der Waals surface area contributed by atoms with E-state index in [2.05, 4.69) is 5.10 Å². The number of carbonyl (C=O) groups excluding carboxylic acids is 1. The molecule has 0 aliphatic carbocycles. The van der Waals surface area contributed by atoms with Crippen molar-refractivity contribution in [1.29, 1.82) is 0 Å². The third-order valence-corrected chi connectivity index (χ3v) is 1.39. The Balaban J connectivity index is 2.77. The van der Waals surface area contributed by atoms with Crippen LogP contribution in [0.2, 0.25) is 0 Å². The van der Waals surface area contributed by atoms with E-state index in [0.717, 1.165) is 6.33 Å². The fourth-order valence-electron chi connectivity index (χ4n) is 0.501. The monoisotopic (exact) mass is 256 g/mol. The third kappa shape index (κ3) is 2.34. The van der Waals surface area contributed by atoms with Crippen molar-refractivity contribution in [2.75, 3.05) is 5.43 Å². The molecule has 0 bridgehead atoms. The van der Waals surface area contributed by atoms with Crippen molar-refractivity contribution in [3.63, 3.8) is 0 Å². The van der Waals surface area contributed by atoms with Crippen LogP contribution < -0.4 is 11.1 Å². The third-order valence-electron chi connectivity index (χ3n) is 1.03. The lowest BCUT2D eigenvalue weighted by Crippen LogP contribution is -2.38. The van der Waals surface area contributed by atoms with Gasteiger partial charge in [-0.3, -0.25) is 10.2 Å². The molecule has 0 saturated heterocycles. The van der Waals surface area contributed by atoms with Crippen LogP contribution in [-0.2, 0) is 4.79 Å². The number of aromatic amines is 1. The highest BCUT2D eigenvalue weighted by molar-refractivity contribution is 9.10. The number of hydrogen-bond donors (Lipinski definition) is 2. The summed E-state index contributed by atoms with van der Waals surface area (Å²) in [6.45, 7) is 0. The SMILES string of the molecule is O=C(Nn1cn[nH]c1=O)C(F)(F)Br. The number of alkyl halides is 3. The molecule has 0 atom stereocenters. The number of H-pyrrole nitrogens is 1. The maximum Gasteiger partial charge on any atom is 0.379 e. The summed E-state index contributed by atoms with van der Waals surface area (Å²) in [6.07, 6.45) is 0.860. The largest absolute Gasteiger partial charge is 0.379 e. The Labute approximate surface area is 78.0 Å². The van der Waals surface area contributed by atoms with Crippen LogP contribution in [0.3, 0.4) is 0 Å². The zero-order valence-electron chi connectivity index (χ0n) is 5.92. The molecule has 0 aromatic carbocycles. The predicted octanol–water partition coefficient (Wildman–Crippen LogP) is -0.371.